The highest BCUT2D eigenvalue weighted by molar-refractivity contribution is 7.13. The minimum atomic E-state index is -4.60. The Hall–Kier alpha value is -5.47. The van der Waals surface area contributed by atoms with Gasteiger partial charge in [-0.1, -0.05) is 63.2 Å². The third-order valence-electron chi connectivity index (χ3n) is 13.1. The molecule has 2 aromatic heterocycles. The number of aliphatic hydroxyl groups excluding tert-OH is 1. The Bertz CT molecular complexity index is 2610. The molecule has 2 aliphatic heterocycles. The number of fused-ring (bicyclic) bond motifs is 3. The van der Waals surface area contributed by atoms with Crippen molar-refractivity contribution in [1.29, 1.82) is 0 Å². The van der Waals surface area contributed by atoms with Gasteiger partial charge >= 0.3 is 6.18 Å². The van der Waals surface area contributed by atoms with Crippen LogP contribution < -0.4 is 15.4 Å². The topological polar surface area (TPSA) is 158 Å². The van der Waals surface area contributed by atoms with Crippen LogP contribution in [0.2, 0.25) is 0 Å². The Morgan fingerprint density at radius 2 is 1.63 bits per heavy atom. The molecule has 4 N–H and O–H groups in total. The number of alkyl halides is 3. The quantitative estimate of drug-likeness (QED) is 0.0442. The van der Waals surface area contributed by atoms with Gasteiger partial charge in [0.1, 0.15) is 36.1 Å². The van der Waals surface area contributed by atoms with E-state index in [-0.39, 0.29) is 57.6 Å². The number of H-pyrrole nitrogens is 1. The van der Waals surface area contributed by atoms with Crippen LogP contribution in [0.5, 0.6) is 5.75 Å². The van der Waals surface area contributed by atoms with Gasteiger partial charge in [-0.25, -0.2) is 13.8 Å². The normalized spacial score (nSPS) is 19.4. The first kappa shape index (κ1) is 53.3. The number of rotatable bonds is 20. The highest BCUT2D eigenvalue weighted by Crippen LogP contribution is 2.44. The predicted octanol–water partition coefficient (Wildman–Crippen LogP) is 8.73. The van der Waals surface area contributed by atoms with Crippen molar-refractivity contribution >= 4 is 40.0 Å². The van der Waals surface area contributed by atoms with E-state index in [4.69, 9.17) is 14.2 Å². The van der Waals surface area contributed by atoms with Crippen molar-refractivity contribution in [3.8, 4) is 16.2 Å². The number of unbranched alkanes of at least 4 members (excludes halogenated alkanes) is 2. The van der Waals surface area contributed by atoms with Gasteiger partial charge in [-0.15, -0.1) is 11.3 Å². The van der Waals surface area contributed by atoms with Crippen LogP contribution in [0.15, 0.2) is 66.2 Å². The standard InChI is InChI=1S/C52H63F5N6O7S/c1-30-22-38-37-12-8-9-13-41(37)60-45(38)46(63(30)28-52(55,56)57)44-39(53)24-36(25-40(44)54)70-19-11-7-10-18-68-20-21-69-27-43(65)61-48(51(4,5)6)50(67)62-26-35(64)23-42(62)49(66)59-31(2)33-14-16-34(17-15-33)47-32(3)58-29-71-47/h8-9,12-17,24-25,29-31,35,42,46,48,60,64H,7,10-11,18-23,26-28H2,1-6H3,(H,59,66)(H,61,65)/t30-,31+,35-,42+,46-,48-/m1/s1. The Balaban J connectivity index is 0.815. The van der Waals surface area contributed by atoms with Gasteiger partial charge in [0.15, 0.2) is 0 Å². The van der Waals surface area contributed by atoms with Gasteiger partial charge in [-0.2, -0.15) is 13.2 Å². The maximum Gasteiger partial charge on any atom is 0.401 e. The lowest BCUT2D eigenvalue weighted by molar-refractivity contribution is -0.155. The first-order valence-corrected chi connectivity index (χ1v) is 24.9. The Labute approximate surface area is 414 Å². The third-order valence-corrected chi connectivity index (χ3v) is 14.1. The van der Waals surface area contributed by atoms with Gasteiger partial charge in [0, 0.05) is 59.9 Å². The number of halogens is 5. The van der Waals surface area contributed by atoms with Gasteiger partial charge < -0.3 is 39.8 Å². The minimum absolute atomic E-state index is 0.0570. The number of aryl methyl sites for hydroxylation is 1. The largest absolute Gasteiger partial charge is 0.493 e. The number of amides is 3. The van der Waals surface area contributed by atoms with Crippen LogP contribution >= 0.6 is 11.3 Å². The summed E-state index contributed by atoms with van der Waals surface area (Å²) in [4.78, 5) is 51.7. The molecule has 1 fully saturated rings. The van der Waals surface area contributed by atoms with E-state index in [2.05, 4.69) is 20.6 Å². The molecule has 1 saturated heterocycles. The number of benzene rings is 3. The minimum Gasteiger partial charge on any atom is -0.493 e. The fourth-order valence-electron chi connectivity index (χ4n) is 9.45. The summed E-state index contributed by atoms with van der Waals surface area (Å²) in [7, 11) is 0. The van der Waals surface area contributed by atoms with Crippen molar-refractivity contribution < 1.29 is 55.7 Å². The number of nitrogens with zero attached hydrogens (tertiary/aromatic N) is 3. The zero-order chi connectivity index (χ0) is 51.2. The van der Waals surface area contributed by atoms with Gasteiger partial charge in [-0.05, 0) is 74.6 Å². The smallest absolute Gasteiger partial charge is 0.401 e. The lowest BCUT2D eigenvalue weighted by Gasteiger charge is -2.41. The summed E-state index contributed by atoms with van der Waals surface area (Å²) in [5.41, 5.74) is 5.16. The maximum absolute atomic E-state index is 15.9. The number of carbonyl (C=O) groups is 3. The Kier molecular flexibility index (Phi) is 17.2. The molecule has 3 aromatic carbocycles. The molecule has 0 radical (unpaired) electrons. The van der Waals surface area contributed by atoms with Crippen LogP contribution in [0.25, 0.3) is 21.3 Å². The van der Waals surface area contributed by atoms with Crippen molar-refractivity contribution in [2.75, 3.05) is 46.1 Å². The summed E-state index contributed by atoms with van der Waals surface area (Å²) in [5, 5.41) is 17.2. The number of thiazole rings is 1. The predicted molar refractivity (Wildman–Crippen MR) is 260 cm³/mol. The van der Waals surface area contributed by atoms with Gasteiger partial charge in [0.05, 0.1) is 60.6 Å². The fraction of sp³-hybridized carbons (Fsp3) is 0.500. The molecule has 19 heteroatoms. The van der Waals surface area contributed by atoms with E-state index in [1.807, 2.05) is 50.2 Å². The number of carbonyl (C=O) groups excluding carboxylic acids is 3. The average Bonchev–Trinajstić information content (AvgIpc) is 4.03. The van der Waals surface area contributed by atoms with Crippen LogP contribution in [0.4, 0.5) is 22.0 Å². The van der Waals surface area contributed by atoms with Crippen molar-refractivity contribution in [3.63, 3.8) is 0 Å². The number of aromatic amines is 1. The Morgan fingerprint density at radius 1 is 0.944 bits per heavy atom. The van der Waals surface area contributed by atoms with Crippen LogP contribution in [-0.4, -0.2) is 119 Å². The molecule has 71 heavy (non-hydrogen) atoms. The molecule has 0 spiro atoms. The zero-order valence-corrected chi connectivity index (χ0v) is 41.7. The number of hydrogen-bond acceptors (Lipinski definition) is 10. The highest BCUT2D eigenvalue weighted by Gasteiger charge is 2.46. The van der Waals surface area contributed by atoms with E-state index >= 15 is 8.78 Å². The zero-order valence-electron chi connectivity index (χ0n) is 40.8. The van der Waals surface area contributed by atoms with Crippen molar-refractivity contribution in [1.82, 2.24) is 30.4 Å². The lowest BCUT2D eigenvalue weighted by Crippen LogP contribution is -2.58. The monoisotopic (exact) mass is 1010 g/mol. The second kappa shape index (κ2) is 22.9. The summed E-state index contributed by atoms with van der Waals surface area (Å²) < 4.78 is 90.0. The van der Waals surface area contributed by atoms with Crippen molar-refractivity contribution in [2.45, 2.75) is 116 Å². The van der Waals surface area contributed by atoms with Gasteiger partial charge in [-0.3, -0.25) is 19.3 Å². The molecule has 0 unspecified atom stereocenters. The molecule has 7 rings (SSSR count). The number of nitrogens with one attached hydrogen (secondary N) is 3. The molecule has 3 amide bonds. The number of aromatic nitrogens is 2. The average molecular weight is 1010 g/mol. The van der Waals surface area contributed by atoms with E-state index in [9.17, 15) is 32.7 Å². The second-order valence-electron chi connectivity index (χ2n) is 19.6. The molecule has 0 bridgehead atoms. The molecule has 6 atom stereocenters. The van der Waals surface area contributed by atoms with E-state index < -0.39 is 83.3 Å². The van der Waals surface area contributed by atoms with E-state index in [0.717, 1.165) is 49.7 Å². The molecule has 4 heterocycles. The molecule has 0 saturated carbocycles. The summed E-state index contributed by atoms with van der Waals surface area (Å²) in [6.07, 6.45) is -3.36. The SMILES string of the molecule is Cc1ncsc1-c1ccc([C@H](C)NC(=O)[C@@H]2C[C@@H](O)CN2C(=O)[C@@H](NC(=O)COCCOCCCCCOc2cc(F)c([C@@H]3c4[nH]c5ccccc5c4C[C@@H](C)N3CC(F)(F)F)c(F)c2)C(C)(C)C)cc1. The van der Waals surface area contributed by atoms with Crippen molar-refractivity contribution in [2.24, 2.45) is 5.41 Å². The number of para-hydroxylation sites is 1. The van der Waals surface area contributed by atoms with E-state index in [1.54, 1.807) is 56.7 Å². The molecule has 2 aliphatic rings. The molecule has 0 aliphatic carbocycles. The van der Waals surface area contributed by atoms with Crippen LogP contribution in [0.3, 0.4) is 0 Å². The van der Waals surface area contributed by atoms with Gasteiger partial charge in [0.2, 0.25) is 17.7 Å². The van der Waals surface area contributed by atoms with E-state index in [0.29, 0.717) is 37.1 Å². The summed E-state index contributed by atoms with van der Waals surface area (Å²) in [5.74, 6) is -3.51. The van der Waals surface area contributed by atoms with E-state index in [1.165, 1.54) is 4.90 Å². The van der Waals surface area contributed by atoms with Crippen LogP contribution in [0, 0.1) is 24.0 Å². The lowest BCUT2D eigenvalue weighted by atomic mass is 9.85. The molecule has 384 valence electrons. The third kappa shape index (κ3) is 13.1. The molecular formula is C52H63F5N6O7S. The van der Waals surface area contributed by atoms with Crippen LogP contribution in [0.1, 0.15) is 100 Å². The fourth-order valence-corrected chi connectivity index (χ4v) is 10.3. The number of likely N-dealkylation sites (tertiary alicyclic amines) is 1. The number of aliphatic hydroxyl groups is 1. The number of β-amino-alcohol motifs (C(OH)–C–C–N with tert-alkyl or cyclic N) is 1. The Morgan fingerprint density at radius 3 is 2.31 bits per heavy atom. The molecular weight excluding hydrogens is 948 g/mol. The molecule has 13 nitrogen and oxygen atoms in total. The summed E-state index contributed by atoms with van der Waals surface area (Å²) in [6, 6.07) is 12.8. The van der Waals surface area contributed by atoms with Crippen LogP contribution in [-0.2, 0) is 30.3 Å². The molecule has 5 aromatic rings. The maximum atomic E-state index is 15.9. The number of hydrogen-bond donors (Lipinski definition) is 4. The first-order valence-electron chi connectivity index (χ1n) is 24.0. The highest BCUT2D eigenvalue weighted by atomic mass is 32.1. The summed E-state index contributed by atoms with van der Waals surface area (Å²) >= 11 is 1.55. The first-order chi connectivity index (χ1) is 33.7. The second-order valence-corrected chi connectivity index (χ2v) is 20.4. The van der Waals surface area contributed by atoms with Gasteiger partial charge in [0.25, 0.3) is 0 Å². The number of ether oxygens (including phenoxy) is 3. The van der Waals surface area contributed by atoms with Crippen molar-refractivity contribution in [3.05, 3.63) is 106 Å². The summed E-state index contributed by atoms with van der Waals surface area (Å²) in [6.45, 7) is 9.87.